The Morgan fingerprint density at radius 2 is 2.08 bits per heavy atom. The monoisotopic (exact) mass is 475 g/mol. The van der Waals surface area contributed by atoms with Gasteiger partial charge in [-0.25, -0.2) is 0 Å². The van der Waals surface area contributed by atoms with Crippen LogP contribution in [0.2, 0.25) is 0 Å². The van der Waals surface area contributed by atoms with Crippen LogP contribution in [0, 0.1) is 0 Å². The molecule has 1 aromatic carbocycles. The van der Waals surface area contributed by atoms with Crippen LogP contribution in [0.3, 0.4) is 0 Å². The van der Waals surface area contributed by atoms with Crippen molar-refractivity contribution in [3.63, 3.8) is 0 Å². The number of nitrogens with one attached hydrogen (secondary N) is 1. The lowest BCUT2D eigenvalue weighted by Gasteiger charge is -2.24. The molecule has 3 N–H and O–H groups in total. The van der Waals surface area contributed by atoms with Crippen molar-refractivity contribution in [2.75, 3.05) is 47.4 Å². The van der Waals surface area contributed by atoms with Crippen LogP contribution in [0.25, 0.3) is 0 Å². The van der Waals surface area contributed by atoms with E-state index in [2.05, 4.69) is 53.3 Å². The van der Waals surface area contributed by atoms with E-state index in [0.29, 0.717) is 18.5 Å². The zero-order valence-corrected chi connectivity index (χ0v) is 18.8. The third-order valence-electron chi connectivity index (χ3n) is 4.98. The molecule has 0 amide bonds. The maximum Gasteiger partial charge on any atom is 0.188 e. The number of guanidine groups is 1. The lowest BCUT2D eigenvalue weighted by atomic mass is 10.1. The summed E-state index contributed by atoms with van der Waals surface area (Å²) in [4.78, 5) is 9.23. The average molecular weight is 475 g/mol. The maximum absolute atomic E-state index is 6.09. The minimum Gasteiger partial charge on any atom is -0.497 e. The highest BCUT2D eigenvalue weighted by Crippen LogP contribution is 2.21. The fraction of sp³-hybridized carbons (Fsp3) is 0.632. The van der Waals surface area contributed by atoms with Gasteiger partial charge in [-0.05, 0) is 57.7 Å². The fourth-order valence-corrected chi connectivity index (χ4v) is 3.40. The molecule has 6 nitrogen and oxygen atoms in total. The SMILES string of the molecule is CCN1CCCC1CNC(N)=NCC(c1ccc(OC)cc1)N(C)C.I. The number of hydrogen-bond donors (Lipinski definition) is 2. The van der Waals surface area contributed by atoms with Crippen molar-refractivity contribution >= 4 is 29.9 Å². The quantitative estimate of drug-likeness (QED) is 0.343. The number of halogens is 1. The van der Waals surface area contributed by atoms with Gasteiger partial charge in [-0.2, -0.15) is 0 Å². The van der Waals surface area contributed by atoms with E-state index in [4.69, 9.17) is 10.5 Å². The largest absolute Gasteiger partial charge is 0.497 e. The standard InChI is InChI=1S/C19H33N5O.HI/c1-5-24-12-6-7-16(24)13-21-19(20)22-14-18(23(2)3)15-8-10-17(25-4)11-9-15;/h8-11,16,18H,5-7,12-14H2,1-4H3,(H3,20,21,22);1H. The number of methoxy groups -OCH3 is 1. The highest BCUT2D eigenvalue weighted by atomic mass is 127. The molecule has 2 rings (SSSR count). The van der Waals surface area contributed by atoms with Gasteiger partial charge < -0.3 is 20.7 Å². The molecule has 0 aromatic heterocycles. The van der Waals surface area contributed by atoms with Crippen LogP contribution in [0.1, 0.15) is 31.4 Å². The molecular weight excluding hydrogens is 441 g/mol. The molecule has 2 atom stereocenters. The van der Waals surface area contributed by atoms with Crippen molar-refractivity contribution in [1.82, 2.24) is 15.1 Å². The number of hydrogen-bond acceptors (Lipinski definition) is 4. The molecule has 26 heavy (non-hydrogen) atoms. The summed E-state index contributed by atoms with van der Waals surface area (Å²) in [6.45, 7) is 6.01. The molecule has 0 bridgehead atoms. The first-order valence-corrected chi connectivity index (χ1v) is 9.13. The Labute approximate surface area is 175 Å². The van der Waals surface area contributed by atoms with E-state index in [1.54, 1.807) is 7.11 Å². The molecule has 0 spiro atoms. The Morgan fingerprint density at radius 1 is 1.38 bits per heavy atom. The maximum atomic E-state index is 6.09. The van der Waals surface area contributed by atoms with Gasteiger partial charge >= 0.3 is 0 Å². The fourth-order valence-electron chi connectivity index (χ4n) is 3.40. The Bertz CT molecular complexity index is 549. The number of aliphatic imine (C=N–C) groups is 1. The minimum absolute atomic E-state index is 0. The zero-order valence-electron chi connectivity index (χ0n) is 16.4. The molecule has 0 saturated carbocycles. The number of nitrogens with two attached hydrogens (primary N) is 1. The van der Waals surface area contributed by atoms with Crippen LogP contribution in [0.5, 0.6) is 5.75 Å². The van der Waals surface area contributed by atoms with E-state index in [1.165, 1.54) is 24.9 Å². The number of benzene rings is 1. The smallest absolute Gasteiger partial charge is 0.188 e. The highest BCUT2D eigenvalue weighted by Gasteiger charge is 2.22. The Balaban J connectivity index is 0.00000338. The van der Waals surface area contributed by atoms with E-state index < -0.39 is 0 Å². The summed E-state index contributed by atoms with van der Waals surface area (Å²) in [6.07, 6.45) is 2.51. The Morgan fingerprint density at radius 3 is 2.65 bits per heavy atom. The first-order chi connectivity index (χ1) is 12.0. The van der Waals surface area contributed by atoms with Gasteiger partial charge in [-0.1, -0.05) is 19.1 Å². The van der Waals surface area contributed by atoms with Gasteiger partial charge in [0.05, 0.1) is 19.7 Å². The van der Waals surface area contributed by atoms with Crippen molar-refractivity contribution < 1.29 is 4.74 Å². The second-order valence-electron chi connectivity index (χ2n) is 6.78. The van der Waals surface area contributed by atoms with Gasteiger partial charge in [0.25, 0.3) is 0 Å². The van der Waals surface area contributed by atoms with E-state index in [-0.39, 0.29) is 30.0 Å². The van der Waals surface area contributed by atoms with Crippen molar-refractivity contribution in [2.24, 2.45) is 10.7 Å². The van der Waals surface area contributed by atoms with Gasteiger partial charge in [0.15, 0.2) is 5.96 Å². The number of likely N-dealkylation sites (tertiary alicyclic amines) is 1. The van der Waals surface area contributed by atoms with Gasteiger partial charge in [0.2, 0.25) is 0 Å². The molecule has 148 valence electrons. The molecule has 0 aliphatic carbocycles. The number of ether oxygens (including phenoxy) is 1. The van der Waals surface area contributed by atoms with E-state index in [9.17, 15) is 0 Å². The van der Waals surface area contributed by atoms with Gasteiger partial charge in [-0.15, -0.1) is 24.0 Å². The third-order valence-corrected chi connectivity index (χ3v) is 4.98. The summed E-state index contributed by atoms with van der Waals surface area (Å²) in [5, 5.41) is 3.30. The molecule has 1 heterocycles. The predicted molar refractivity (Wildman–Crippen MR) is 120 cm³/mol. The molecule has 2 unspecified atom stereocenters. The van der Waals surface area contributed by atoms with Gasteiger partial charge in [-0.3, -0.25) is 9.89 Å². The Kier molecular flexibility index (Phi) is 10.3. The van der Waals surface area contributed by atoms with Crippen molar-refractivity contribution in [1.29, 1.82) is 0 Å². The summed E-state index contributed by atoms with van der Waals surface area (Å²) < 4.78 is 5.23. The topological polar surface area (TPSA) is 66.1 Å². The number of rotatable bonds is 8. The van der Waals surface area contributed by atoms with E-state index in [1.807, 2.05) is 12.1 Å². The van der Waals surface area contributed by atoms with Crippen molar-refractivity contribution in [3.8, 4) is 5.75 Å². The first kappa shape index (κ1) is 23.0. The Hall–Kier alpha value is -1.06. The minimum atomic E-state index is 0. The van der Waals surface area contributed by atoms with Crippen LogP contribution in [0.15, 0.2) is 29.3 Å². The molecule has 1 aliphatic rings. The van der Waals surface area contributed by atoms with Gasteiger partial charge in [0, 0.05) is 12.6 Å². The lowest BCUT2D eigenvalue weighted by molar-refractivity contribution is 0.267. The second-order valence-corrected chi connectivity index (χ2v) is 6.78. The molecule has 0 radical (unpaired) electrons. The average Bonchev–Trinajstić information content (AvgIpc) is 3.08. The number of nitrogens with zero attached hydrogens (tertiary/aromatic N) is 3. The highest BCUT2D eigenvalue weighted by molar-refractivity contribution is 14.0. The molecule has 1 fully saturated rings. The van der Waals surface area contributed by atoms with E-state index in [0.717, 1.165) is 18.8 Å². The molecular formula is C19H34IN5O. The second kappa shape index (κ2) is 11.6. The predicted octanol–water partition coefficient (Wildman–Crippen LogP) is 2.30. The van der Waals surface area contributed by atoms with Crippen molar-refractivity contribution in [3.05, 3.63) is 29.8 Å². The third kappa shape index (κ3) is 6.59. The van der Waals surface area contributed by atoms with Crippen molar-refractivity contribution in [2.45, 2.75) is 31.8 Å². The summed E-state index contributed by atoms with van der Waals surface area (Å²) in [7, 11) is 5.80. The van der Waals surface area contributed by atoms with Crippen LogP contribution < -0.4 is 15.8 Å². The van der Waals surface area contributed by atoms with Crippen LogP contribution in [0.4, 0.5) is 0 Å². The first-order valence-electron chi connectivity index (χ1n) is 9.13. The molecule has 1 aromatic rings. The summed E-state index contributed by atoms with van der Waals surface area (Å²) >= 11 is 0. The summed E-state index contributed by atoms with van der Waals surface area (Å²) in [5.41, 5.74) is 7.30. The van der Waals surface area contributed by atoms with Crippen LogP contribution in [-0.2, 0) is 0 Å². The zero-order chi connectivity index (χ0) is 18.2. The van der Waals surface area contributed by atoms with E-state index >= 15 is 0 Å². The number of likely N-dealkylation sites (N-methyl/N-ethyl adjacent to an activating group) is 2. The lowest BCUT2D eigenvalue weighted by Crippen LogP contribution is -2.43. The van der Waals surface area contributed by atoms with Crippen LogP contribution >= 0.6 is 24.0 Å². The van der Waals surface area contributed by atoms with Crippen LogP contribution in [-0.4, -0.2) is 69.2 Å². The molecule has 1 aliphatic heterocycles. The molecule has 1 saturated heterocycles. The summed E-state index contributed by atoms with van der Waals surface area (Å²) in [6, 6.07) is 8.89. The summed E-state index contributed by atoms with van der Waals surface area (Å²) in [5.74, 6) is 1.39. The molecule has 7 heteroatoms. The normalized spacial score (nSPS) is 19.3. The van der Waals surface area contributed by atoms with Gasteiger partial charge in [0.1, 0.15) is 5.75 Å².